The Morgan fingerprint density at radius 2 is 1.70 bits per heavy atom. The third-order valence-corrected chi connectivity index (χ3v) is 2.93. The first-order valence-corrected chi connectivity index (χ1v) is 7.92. The molecule has 0 saturated heterocycles. The molecule has 0 aliphatic carbocycles. The maximum absolute atomic E-state index is 11.9. The van der Waals surface area contributed by atoms with Crippen molar-refractivity contribution in [2.75, 3.05) is 13.2 Å². The van der Waals surface area contributed by atoms with Crippen molar-refractivity contribution in [2.24, 2.45) is 0 Å². The van der Waals surface area contributed by atoms with Gasteiger partial charge in [-0.05, 0) is 40.7 Å². The average Bonchev–Trinajstić information content (AvgIpc) is 2.49. The summed E-state index contributed by atoms with van der Waals surface area (Å²) in [7, 11) is 0. The van der Waals surface area contributed by atoms with Gasteiger partial charge in [0.25, 0.3) is 0 Å². The van der Waals surface area contributed by atoms with E-state index in [1.165, 1.54) is 19.1 Å². The molecule has 0 heterocycles. The topological polar surface area (TPSA) is 84.9 Å². The molecule has 0 rings (SSSR count). The van der Waals surface area contributed by atoms with Crippen LogP contribution in [0.1, 0.15) is 47.5 Å². The normalized spacial score (nSPS) is 15.0. The standard InChI is InChI=1S/C17H29NO5/c1-6-7-10-18-15(5)23-17(21)13(3)9-8-12(2)16(20)22-11-14(4)19/h8-9,14-15,18-19H,6-7,10-11H2,1-5H3/b12-8+,13-9+. The number of nitrogens with one attached hydrogen (secondary N) is 1. The van der Waals surface area contributed by atoms with E-state index in [1.54, 1.807) is 20.8 Å². The Hall–Kier alpha value is -1.66. The first kappa shape index (κ1) is 21.3. The number of carbonyl (C=O) groups is 2. The molecule has 0 aliphatic rings. The summed E-state index contributed by atoms with van der Waals surface area (Å²) in [6.07, 6.45) is 4.03. The van der Waals surface area contributed by atoms with Crippen molar-refractivity contribution in [3.05, 3.63) is 23.3 Å². The lowest BCUT2D eigenvalue weighted by Crippen LogP contribution is -2.32. The van der Waals surface area contributed by atoms with E-state index in [0.29, 0.717) is 11.1 Å². The van der Waals surface area contributed by atoms with E-state index in [-0.39, 0.29) is 12.8 Å². The van der Waals surface area contributed by atoms with Crippen molar-refractivity contribution >= 4 is 11.9 Å². The van der Waals surface area contributed by atoms with Gasteiger partial charge >= 0.3 is 11.9 Å². The van der Waals surface area contributed by atoms with Crippen LogP contribution in [0, 0.1) is 0 Å². The summed E-state index contributed by atoms with van der Waals surface area (Å²) in [6, 6.07) is 0. The van der Waals surface area contributed by atoms with Gasteiger partial charge in [0.2, 0.25) is 0 Å². The van der Waals surface area contributed by atoms with Gasteiger partial charge in [0.05, 0.1) is 6.10 Å². The zero-order valence-electron chi connectivity index (χ0n) is 14.7. The Balaban J connectivity index is 4.42. The van der Waals surface area contributed by atoms with Crippen LogP contribution in [0.25, 0.3) is 0 Å². The molecule has 6 nitrogen and oxygen atoms in total. The van der Waals surface area contributed by atoms with Crippen LogP contribution >= 0.6 is 0 Å². The molecule has 0 aromatic heterocycles. The van der Waals surface area contributed by atoms with Gasteiger partial charge in [-0.2, -0.15) is 0 Å². The fourth-order valence-electron chi connectivity index (χ4n) is 1.47. The molecule has 0 bridgehead atoms. The molecule has 0 aromatic rings. The SMILES string of the molecule is CCCCNC(C)OC(=O)/C(C)=C/C=C(\C)C(=O)OCC(C)O. The molecule has 0 fully saturated rings. The Kier molecular flexibility index (Phi) is 11.0. The molecule has 6 heteroatoms. The number of rotatable bonds is 10. The third kappa shape index (κ3) is 10.7. The van der Waals surface area contributed by atoms with Crippen LogP contribution in [-0.2, 0) is 19.1 Å². The second-order valence-electron chi connectivity index (χ2n) is 5.50. The van der Waals surface area contributed by atoms with Crippen LogP contribution in [0.2, 0.25) is 0 Å². The zero-order chi connectivity index (χ0) is 17.8. The summed E-state index contributed by atoms with van der Waals surface area (Å²) < 4.78 is 10.1. The zero-order valence-corrected chi connectivity index (χ0v) is 14.7. The summed E-state index contributed by atoms with van der Waals surface area (Å²) >= 11 is 0. The molecule has 0 radical (unpaired) electrons. The predicted octanol–water partition coefficient (Wildman–Crippen LogP) is 2.08. The predicted molar refractivity (Wildman–Crippen MR) is 88.6 cm³/mol. The van der Waals surface area contributed by atoms with E-state index in [4.69, 9.17) is 14.6 Å². The Morgan fingerprint density at radius 3 is 2.22 bits per heavy atom. The number of unbranched alkanes of at least 4 members (excludes halogenated alkanes) is 1. The van der Waals surface area contributed by atoms with Crippen molar-refractivity contribution in [3.8, 4) is 0 Å². The Bertz CT molecular complexity index is 440. The number of carbonyl (C=O) groups excluding carboxylic acids is 2. The van der Waals surface area contributed by atoms with Gasteiger partial charge in [0.15, 0.2) is 6.23 Å². The third-order valence-electron chi connectivity index (χ3n) is 2.93. The fourth-order valence-corrected chi connectivity index (χ4v) is 1.47. The van der Waals surface area contributed by atoms with Gasteiger partial charge in [-0.1, -0.05) is 25.5 Å². The molecule has 0 spiro atoms. The molecule has 2 atom stereocenters. The second-order valence-corrected chi connectivity index (χ2v) is 5.50. The lowest BCUT2D eigenvalue weighted by atomic mass is 10.2. The number of ether oxygens (including phenoxy) is 2. The van der Waals surface area contributed by atoms with E-state index in [9.17, 15) is 9.59 Å². The minimum absolute atomic E-state index is 0.0598. The van der Waals surface area contributed by atoms with Gasteiger partial charge in [0.1, 0.15) is 6.61 Å². The van der Waals surface area contributed by atoms with Crippen LogP contribution in [0.15, 0.2) is 23.3 Å². The largest absolute Gasteiger partial charge is 0.460 e. The van der Waals surface area contributed by atoms with Gasteiger partial charge in [-0.25, -0.2) is 9.59 Å². The number of allylic oxidation sites excluding steroid dienone is 2. The quantitative estimate of drug-likeness (QED) is 0.210. The first-order valence-electron chi connectivity index (χ1n) is 7.92. The molecular weight excluding hydrogens is 298 g/mol. The van der Waals surface area contributed by atoms with E-state index < -0.39 is 18.0 Å². The van der Waals surface area contributed by atoms with E-state index in [2.05, 4.69) is 12.2 Å². The summed E-state index contributed by atoms with van der Waals surface area (Å²) in [5.74, 6) is -0.971. The molecule has 0 amide bonds. The summed E-state index contributed by atoms with van der Waals surface area (Å²) in [4.78, 5) is 23.5. The number of hydrogen-bond donors (Lipinski definition) is 2. The van der Waals surface area contributed by atoms with Crippen molar-refractivity contribution in [2.45, 2.75) is 59.8 Å². The van der Waals surface area contributed by atoms with Crippen molar-refractivity contribution < 1.29 is 24.2 Å². The number of hydrogen-bond acceptors (Lipinski definition) is 6. The summed E-state index contributed by atoms with van der Waals surface area (Å²) in [6.45, 7) is 9.32. The van der Waals surface area contributed by atoms with Gasteiger partial charge in [0, 0.05) is 11.1 Å². The van der Waals surface area contributed by atoms with Crippen LogP contribution in [0.5, 0.6) is 0 Å². The molecule has 0 aromatic carbocycles. The number of aliphatic hydroxyl groups excluding tert-OH is 1. The molecule has 2 unspecified atom stereocenters. The molecule has 132 valence electrons. The van der Waals surface area contributed by atoms with Crippen molar-refractivity contribution in [3.63, 3.8) is 0 Å². The highest BCUT2D eigenvalue weighted by atomic mass is 16.6. The molecule has 0 saturated carbocycles. The highest BCUT2D eigenvalue weighted by Gasteiger charge is 2.11. The van der Waals surface area contributed by atoms with Crippen LogP contribution in [-0.4, -0.2) is 42.5 Å². The van der Waals surface area contributed by atoms with Crippen LogP contribution < -0.4 is 5.32 Å². The van der Waals surface area contributed by atoms with Crippen LogP contribution in [0.4, 0.5) is 0 Å². The lowest BCUT2D eigenvalue weighted by Gasteiger charge is -2.14. The minimum Gasteiger partial charge on any atom is -0.460 e. The molecule has 2 N–H and O–H groups in total. The van der Waals surface area contributed by atoms with E-state index in [1.807, 2.05) is 0 Å². The van der Waals surface area contributed by atoms with Crippen molar-refractivity contribution in [1.82, 2.24) is 5.32 Å². The lowest BCUT2D eigenvalue weighted by molar-refractivity contribution is -0.145. The van der Waals surface area contributed by atoms with Gasteiger partial charge in [-0.15, -0.1) is 0 Å². The van der Waals surface area contributed by atoms with E-state index in [0.717, 1.165) is 19.4 Å². The monoisotopic (exact) mass is 327 g/mol. The number of aliphatic hydroxyl groups is 1. The van der Waals surface area contributed by atoms with E-state index >= 15 is 0 Å². The highest BCUT2D eigenvalue weighted by Crippen LogP contribution is 2.04. The average molecular weight is 327 g/mol. The summed E-state index contributed by atoms with van der Waals surface area (Å²) in [5.41, 5.74) is 0.726. The Labute approximate surface area is 138 Å². The maximum Gasteiger partial charge on any atom is 0.335 e. The van der Waals surface area contributed by atoms with Gasteiger partial charge < -0.3 is 14.6 Å². The second kappa shape index (κ2) is 11.8. The fraction of sp³-hybridized carbons (Fsp3) is 0.647. The highest BCUT2D eigenvalue weighted by molar-refractivity contribution is 5.90. The Morgan fingerprint density at radius 1 is 1.13 bits per heavy atom. The molecular formula is C17H29NO5. The molecule has 0 aliphatic heterocycles. The number of esters is 2. The molecule has 23 heavy (non-hydrogen) atoms. The minimum atomic E-state index is -0.708. The smallest absolute Gasteiger partial charge is 0.335 e. The van der Waals surface area contributed by atoms with Gasteiger partial charge in [-0.3, -0.25) is 5.32 Å². The summed E-state index contributed by atoms with van der Waals surface area (Å²) in [5, 5.41) is 12.2. The first-order chi connectivity index (χ1) is 10.8. The maximum atomic E-state index is 11.9. The van der Waals surface area contributed by atoms with Crippen LogP contribution in [0.3, 0.4) is 0 Å². The van der Waals surface area contributed by atoms with Crippen molar-refractivity contribution in [1.29, 1.82) is 0 Å².